The van der Waals surface area contributed by atoms with Gasteiger partial charge in [0.2, 0.25) is 5.91 Å². The summed E-state index contributed by atoms with van der Waals surface area (Å²) < 4.78 is 2.05. The molecule has 2 rings (SSSR count). The fourth-order valence-electron chi connectivity index (χ4n) is 3.06. The molecule has 1 aromatic heterocycles. The van der Waals surface area contributed by atoms with Crippen molar-refractivity contribution in [2.75, 3.05) is 32.7 Å². The summed E-state index contributed by atoms with van der Waals surface area (Å²) in [5, 5.41) is 0. The lowest BCUT2D eigenvalue weighted by atomic mass is 10.1. The van der Waals surface area contributed by atoms with Crippen molar-refractivity contribution in [3.05, 3.63) is 23.0 Å². The van der Waals surface area contributed by atoms with Crippen LogP contribution in [0, 0.1) is 19.8 Å². The highest BCUT2D eigenvalue weighted by atomic mass is 16.2. The van der Waals surface area contributed by atoms with Crippen LogP contribution in [0.5, 0.6) is 0 Å². The van der Waals surface area contributed by atoms with E-state index in [1.165, 1.54) is 0 Å². The van der Waals surface area contributed by atoms with Crippen LogP contribution in [0.15, 0.2) is 6.07 Å². The second-order valence-electron chi connectivity index (χ2n) is 7.02. The molecule has 5 heteroatoms. The van der Waals surface area contributed by atoms with Gasteiger partial charge in [-0.3, -0.25) is 14.5 Å². The molecule has 0 radical (unpaired) electrons. The van der Waals surface area contributed by atoms with Crippen molar-refractivity contribution in [1.82, 2.24) is 14.4 Å². The van der Waals surface area contributed by atoms with Gasteiger partial charge in [-0.05, 0) is 25.8 Å². The average Bonchev–Trinajstić information content (AvgIpc) is 2.75. The van der Waals surface area contributed by atoms with E-state index in [4.69, 9.17) is 0 Å². The Kier molecular flexibility index (Phi) is 5.63. The lowest BCUT2D eigenvalue weighted by molar-refractivity contribution is -0.133. The van der Waals surface area contributed by atoms with E-state index in [0.29, 0.717) is 18.9 Å². The maximum atomic E-state index is 12.5. The molecular weight excluding hydrogens is 290 g/mol. The van der Waals surface area contributed by atoms with E-state index < -0.39 is 0 Å². The average molecular weight is 319 g/mol. The first-order valence-electron chi connectivity index (χ1n) is 8.45. The van der Waals surface area contributed by atoms with E-state index in [1.807, 2.05) is 31.9 Å². The first-order chi connectivity index (χ1) is 10.8. The molecule has 0 aromatic carbocycles. The fraction of sp³-hybridized carbons (Fsp3) is 0.667. The molecule has 1 fully saturated rings. The van der Waals surface area contributed by atoms with Crippen molar-refractivity contribution in [3.8, 4) is 0 Å². The molecule has 0 saturated carbocycles. The number of amides is 1. The van der Waals surface area contributed by atoms with Crippen LogP contribution in [-0.4, -0.2) is 58.8 Å². The summed E-state index contributed by atoms with van der Waals surface area (Å²) in [4.78, 5) is 28.7. The maximum absolute atomic E-state index is 12.5. The van der Waals surface area contributed by atoms with Crippen LogP contribution >= 0.6 is 0 Å². The number of nitrogens with zero attached hydrogens (tertiary/aromatic N) is 3. The van der Waals surface area contributed by atoms with Crippen molar-refractivity contribution in [2.45, 2.75) is 34.1 Å². The largest absolute Gasteiger partial charge is 0.351 e. The molecule has 0 spiro atoms. The summed E-state index contributed by atoms with van der Waals surface area (Å²) >= 11 is 0. The van der Waals surface area contributed by atoms with Gasteiger partial charge in [0.15, 0.2) is 5.78 Å². The second kappa shape index (κ2) is 7.30. The molecule has 1 aliphatic heterocycles. The molecule has 0 atom stereocenters. The van der Waals surface area contributed by atoms with Gasteiger partial charge < -0.3 is 9.47 Å². The molecule has 23 heavy (non-hydrogen) atoms. The summed E-state index contributed by atoms with van der Waals surface area (Å²) in [5.41, 5.74) is 2.96. The molecule has 1 aromatic rings. The van der Waals surface area contributed by atoms with E-state index in [1.54, 1.807) is 0 Å². The zero-order chi connectivity index (χ0) is 17.1. The van der Waals surface area contributed by atoms with Gasteiger partial charge in [-0.15, -0.1) is 0 Å². The van der Waals surface area contributed by atoms with E-state index >= 15 is 0 Å². The highest BCUT2D eigenvalue weighted by Crippen LogP contribution is 2.15. The molecule has 0 N–H and O–H groups in total. The SMILES string of the molecule is Cc1cc(C(=O)CN2CCN(C(=O)CC(C)C)CC2)c(C)n1C. The van der Waals surface area contributed by atoms with Gasteiger partial charge in [0.1, 0.15) is 0 Å². The molecule has 5 nitrogen and oxygen atoms in total. The minimum absolute atomic E-state index is 0.174. The number of carbonyl (C=O) groups is 2. The van der Waals surface area contributed by atoms with E-state index in [2.05, 4.69) is 23.3 Å². The summed E-state index contributed by atoms with van der Waals surface area (Å²) in [6.45, 7) is 11.6. The van der Waals surface area contributed by atoms with Gasteiger partial charge in [-0.2, -0.15) is 0 Å². The monoisotopic (exact) mass is 319 g/mol. The minimum Gasteiger partial charge on any atom is -0.351 e. The Morgan fingerprint density at radius 2 is 1.74 bits per heavy atom. The van der Waals surface area contributed by atoms with Crippen molar-refractivity contribution >= 4 is 11.7 Å². The third-order valence-corrected chi connectivity index (χ3v) is 4.75. The predicted octanol–water partition coefficient (Wildman–Crippen LogP) is 2.01. The Morgan fingerprint density at radius 1 is 1.13 bits per heavy atom. The van der Waals surface area contributed by atoms with E-state index in [0.717, 1.165) is 43.1 Å². The third-order valence-electron chi connectivity index (χ3n) is 4.75. The molecule has 128 valence electrons. The molecule has 1 aliphatic rings. The van der Waals surface area contributed by atoms with Crippen molar-refractivity contribution in [1.29, 1.82) is 0 Å². The molecular formula is C18H29N3O2. The van der Waals surface area contributed by atoms with Crippen molar-refractivity contribution in [2.24, 2.45) is 13.0 Å². The number of piperazine rings is 1. The number of aryl methyl sites for hydroxylation is 1. The summed E-state index contributed by atoms with van der Waals surface area (Å²) in [7, 11) is 1.99. The molecule has 0 aliphatic carbocycles. The van der Waals surface area contributed by atoms with Crippen LogP contribution < -0.4 is 0 Å². The topological polar surface area (TPSA) is 45.6 Å². The molecule has 0 unspecified atom stereocenters. The van der Waals surface area contributed by atoms with Crippen LogP contribution in [-0.2, 0) is 11.8 Å². The standard InChI is InChI=1S/C18H29N3O2/c1-13(2)10-18(23)21-8-6-20(7-9-21)12-17(22)16-11-14(3)19(5)15(16)4/h11,13H,6-10,12H2,1-5H3. The predicted molar refractivity (Wildman–Crippen MR) is 91.7 cm³/mol. The van der Waals surface area contributed by atoms with E-state index in [-0.39, 0.29) is 11.7 Å². The number of carbonyl (C=O) groups excluding carboxylic acids is 2. The minimum atomic E-state index is 0.174. The first kappa shape index (κ1) is 17.7. The Labute approximate surface area is 139 Å². The maximum Gasteiger partial charge on any atom is 0.222 e. The van der Waals surface area contributed by atoms with Gasteiger partial charge in [0.25, 0.3) is 0 Å². The zero-order valence-corrected chi connectivity index (χ0v) is 15.1. The summed E-state index contributed by atoms with van der Waals surface area (Å²) in [6.07, 6.45) is 0.613. The van der Waals surface area contributed by atoms with Gasteiger partial charge in [0.05, 0.1) is 6.54 Å². The third kappa shape index (κ3) is 4.22. The van der Waals surface area contributed by atoms with Gasteiger partial charge >= 0.3 is 0 Å². The van der Waals surface area contributed by atoms with Crippen LogP contribution in [0.3, 0.4) is 0 Å². The molecule has 1 amide bonds. The number of rotatable bonds is 5. The van der Waals surface area contributed by atoms with Gasteiger partial charge in [-0.25, -0.2) is 0 Å². The summed E-state index contributed by atoms with van der Waals surface area (Å²) in [5.74, 6) is 0.806. The highest BCUT2D eigenvalue weighted by Gasteiger charge is 2.24. The Hall–Kier alpha value is -1.62. The number of aromatic nitrogens is 1. The van der Waals surface area contributed by atoms with E-state index in [9.17, 15) is 9.59 Å². The Bertz CT molecular complexity index is 581. The smallest absolute Gasteiger partial charge is 0.222 e. The van der Waals surface area contributed by atoms with Crippen LogP contribution in [0.25, 0.3) is 0 Å². The lowest BCUT2D eigenvalue weighted by Crippen LogP contribution is -2.50. The highest BCUT2D eigenvalue weighted by molar-refractivity contribution is 5.99. The Morgan fingerprint density at radius 3 is 2.22 bits per heavy atom. The second-order valence-corrected chi connectivity index (χ2v) is 7.02. The number of hydrogen-bond donors (Lipinski definition) is 0. The lowest BCUT2D eigenvalue weighted by Gasteiger charge is -2.34. The summed E-state index contributed by atoms with van der Waals surface area (Å²) in [6, 6.07) is 1.97. The first-order valence-corrected chi connectivity index (χ1v) is 8.45. The molecule has 0 bridgehead atoms. The van der Waals surface area contributed by atoms with Gasteiger partial charge in [-0.1, -0.05) is 13.8 Å². The quantitative estimate of drug-likeness (QED) is 0.780. The van der Waals surface area contributed by atoms with Crippen molar-refractivity contribution < 1.29 is 9.59 Å². The normalized spacial score (nSPS) is 16.2. The van der Waals surface area contributed by atoms with Crippen LogP contribution in [0.4, 0.5) is 0 Å². The van der Waals surface area contributed by atoms with Crippen LogP contribution in [0.2, 0.25) is 0 Å². The molecule has 1 saturated heterocycles. The molecule has 2 heterocycles. The van der Waals surface area contributed by atoms with Gasteiger partial charge in [0, 0.05) is 56.6 Å². The van der Waals surface area contributed by atoms with Crippen molar-refractivity contribution in [3.63, 3.8) is 0 Å². The zero-order valence-electron chi connectivity index (χ0n) is 15.1. The fourth-order valence-corrected chi connectivity index (χ4v) is 3.06. The van der Waals surface area contributed by atoms with Crippen LogP contribution in [0.1, 0.15) is 42.0 Å². The number of ketones is 1. The Balaban J connectivity index is 1.88. The number of Topliss-reactive ketones (excluding diaryl/α,β-unsaturated/α-hetero) is 1. The number of hydrogen-bond acceptors (Lipinski definition) is 3.